The third kappa shape index (κ3) is 4.09. The molecule has 1 unspecified atom stereocenters. The first-order chi connectivity index (χ1) is 8.79. The van der Waals surface area contributed by atoms with Gasteiger partial charge in [-0.05, 0) is 47.9 Å². The summed E-state index contributed by atoms with van der Waals surface area (Å²) in [5.41, 5.74) is 8.36. The van der Waals surface area contributed by atoms with Gasteiger partial charge >= 0.3 is 0 Å². The molecule has 0 bridgehead atoms. The molecule has 2 nitrogen and oxygen atoms in total. The topological polar surface area (TPSA) is 38.0 Å². The van der Waals surface area contributed by atoms with Crippen LogP contribution in [0.5, 0.6) is 0 Å². The van der Waals surface area contributed by atoms with E-state index in [1.54, 1.807) is 0 Å². The summed E-state index contributed by atoms with van der Waals surface area (Å²) in [5, 5.41) is 0. The van der Waals surface area contributed by atoms with Crippen LogP contribution in [0.3, 0.4) is 0 Å². The first-order valence-corrected chi connectivity index (χ1v) is 6.79. The molecule has 0 spiro atoms. The van der Waals surface area contributed by atoms with Crippen LogP contribution in [0.15, 0.2) is 12.1 Å². The van der Waals surface area contributed by atoms with E-state index in [-0.39, 0.29) is 11.5 Å². The standard InChI is InChI=1S/C17H26N2/c1-7-8-15(19-18)11-16-12(2)9-14(10-13(16)3)17(4,5)6/h1,9-10,15,19H,8,11,18H2,2-6H3. The Morgan fingerprint density at radius 2 is 1.79 bits per heavy atom. The van der Waals surface area contributed by atoms with Crippen LogP contribution in [0.4, 0.5) is 0 Å². The Morgan fingerprint density at radius 3 is 2.16 bits per heavy atom. The van der Waals surface area contributed by atoms with Crippen molar-refractivity contribution in [2.45, 2.75) is 58.9 Å². The number of aryl methyl sites for hydroxylation is 2. The monoisotopic (exact) mass is 258 g/mol. The molecule has 104 valence electrons. The summed E-state index contributed by atoms with van der Waals surface area (Å²) >= 11 is 0. The molecule has 0 aliphatic carbocycles. The smallest absolute Gasteiger partial charge is 0.0360 e. The highest BCUT2D eigenvalue weighted by Gasteiger charge is 2.17. The van der Waals surface area contributed by atoms with Gasteiger partial charge in [-0.2, -0.15) is 0 Å². The van der Waals surface area contributed by atoms with Gasteiger partial charge in [-0.15, -0.1) is 12.3 Å². The van der Waals surface area contributed by atoms with Crippen LogP contribution in [-0.2, 0) is 11.8 Å². The van der Waals surface area contributed by atoms with Crippen molar-refractivity contribution in [1.29, 1.82) is 0 Å². The number of benzene rings is 1. The number of hydrogen-bond donors (Lipinski definition) is 2. The van der Waals surface area contributed by atoms with Crippen LogP contribution in [0, 0.1) is 26.2 Å². The van der Waals surface area contributed by atoms with E-state index in [0.717, 1.165) is 6.42 Å². The lowest BCUT2D eigenvalue weighted by atomic mass is 9.83. The van der Waals surface area contributed by atoms with Gasteiger partial charge in [0.15, 0.2) is 0 Å². The molecule has 0 fully saturated rings. The van der Waals surface area contributed by atoms with Crippen molar-refractivity contribution in [3.8, 4) is 12.3 Å². The largest absolute Gasteiger partial charge is 0.271 e. The highest BCUT2D eigenvalue weighted by Crippen LogP contribution is 2.27. The Bertz CT molecular complexity index is 452. The number of terminal acetylenes is 1. The molecular weight excluding hydrogens is 232 g/mol. The minimum atomic E-state index is 0.142. The minimum absolute atomic E-state index is 0.142. The lowest BCUT2D eigenvalue weighted by Crippen LogP contribution is -2.36. The molecule has 2 heteroatoms. The van der Waals surface area contributed by atoms with Crippen LogP contribution in [-0.4, -0.2) is 6.04 Å². The molecule has 0 saturated carbocycles. The van der Waals surface area contributed by atoms with E-state index in [0.29, 0.717) is 6.42 Å². The minimum Gasteiger partial charge on any atom is -0.271 e. The second kappa shape index (κ2) is 6.23. The average Bonchev–Trinajstić information content (AvgIpc) is 2.30. The molecule has 1 aromatic carbocycles. The zero-order chi connectivity index (χ0) is 14.6. The summed E-state index contributed by atoms with van der Waals surface area (Å²) in [4.78, 5) is 0. The highest BCUT2D eigenvalue weighted by molar-refractivity contribution is 5.41. The lowest BCUT2D eigenvalue weighted by molar-refractivity contribution is 0.534. The average molecular weight is 258 g/mol. The van der Waals surface area contributed by atoms with Crippen molar-refractivity contribution >= 4 is 0 Å². The summed E-state index contributed by atoms with van der Waals surface area (Å²) < 4.78 is 0. The van der Waals surface area contributed by atoms with E-state index in [4.69, 9.17) is 12.3 Å². The van der Waals surface area contributed by atoms with E-state index in [9.17, 15) is 0 Å². The SMILES string of the molecule is C#CCC(Cc1c(C)cc(C(C)(C)C)cc1C)NN. The molecule has 0 aliphatic heterocycles. The Morgan fingerprint density at radius 1 is 1.26 bits per heavy atom. The van der Waals surface area contributed by atoms with Crippen molar-refractivity contribution < 1.29 is 0 Å². The van der Waals surface area contributed by atoms with Gasteiger partial charge in [-0.25, -0.2) is 0 Å². The first kappa shape index (κ1) is 15.8. The fourth-order valence-electron chi connectivity index (χ4n) is 2.33. The molecule has 0 radical (unpaired) electrons. The first-order valence-electron chi connectivity index (χ1n) is 6.79. The molecule has 0 saturated heterocycles. The third-order valence-corrected chi connectivity index (χ3v) is 3.61. The zero-order valence-corrected chi connectivity index (χ0v) is 12.8. The third-order valence-electron chi connectivity index (χ3n) is 3.61. The molecule has 19 heavy (non-hydrogen) atoms. The summed E-state index contributed by atoms with van der Waals surface area (Å²) in [6.45, 7) is 11.1. The Kier molecular flexibility index (Phi) is 5.17. The fraction of sp³-hybridized carbons (Fsp3) is 0.529. The second-order valence-electron chi connectivity index (χ2n) is 6.31. The molecule has 0 amide bonds. The summed E-state index contributed by atoms with van der Waals surface area (Å²) in [6.07, 6.45) is 6.90. The number of hydrazine groups is 1. The quantitative estimate of drug-likeness (QED) is 0.495. The van der Waals surface area contributed by atoms with Gasteiger partial charge in [-0.3, -0.25) is 11.3 Å². The van der Waals surface area contributed by atoms with Crippen LogP contribution in [0.2, 0.25) is 0 Å². The molecule has 1 rings (SSSR count). The van der Waals surface area contributed by atoms with Crippen molar-refractivity contribution in [3.05, 3.63) is 34.4 Å². The molecule has 3 N–H and O–H groups in total. The summed E-state index contributed by atoms with van der Waals surface area (Å²) in [7, 11) is 0. The second-order valence-corrected chi connectivity index (χ2v) is 6.31. The van der Waals surface area contributed by atoms with Gasteiger partial charge in [-0.1, -0.05) is 32.9 Å². The van der Waals surface area contributed by atoms with Crippen LogP contribution in [0.1, 0.15) is 49.4 Å². The summed E-state index contributed by atoms with van der Waals surface area (Å²) in [6, 6.07) is 4.71. The van der Waals surface area contributed by atoms with E-state index < -0.39 is 0 Å². The maximum absolute atomic E-state index is 5.56. The van der Waals surface area contributed by atoms with Crippen molar-refractivity contribution in [2.75, 3.05) is 0 Å². The Labute approximate surface area is 117 Å². The van der Waals surface area contributed by atoms with Gasteiger partial charge in [0, 0.05) is 12.5 Å². The maximum atomic E-state index is 5.56. The zero-order valence-electron chi connectivity index (χ0n) is 12.8. The van der Waals surface area contributed by atoms with E-state index in [1.165, 1.54) is 22.3 Å². The van der Waals surface area contributed by atoms with Crippen LogP contribution >= 0.6 is 0 Å². The van der Waals surface area contributed by atoms with Gasteiger partial charge in [0.05, 0.1) is 0 Å². The number of nitrogens with two attached hydrogens (primary N) is 1. The molecule has 1 atom stereocenters. The molecule has 1 aromatic rings. The number of nitrogens with one attached hydrogen (secondary N) is 1. The van der Waals surface area contributed by atoms with Gasteiger partial charge in [0.25, 0.3) is 0 Å². The van der Waals surface area contributed by atoms with Crippen molar-refractivity contribution in [3.63, 3.8) is 0 Å². The highest BCUT2D eigenvalue weighted by atomic mass is 15.2. The van der Waals surface area contributed by atoms with Gasteiger partial charge in [0.2, 0.25) is 0 Å². The van der Waals surface area contributed by atoms with E-state index >= 15 is 0 Å². The van der Waals surface area contributed by atoms with E-state index in [2.05, 4.69) is 58.1 Å². The molecule has 0 heterocycles. The van der Waals surface area contributed by atoms with Crippen molar-refractivity contribution in [2.24, 2.45) is 5.84 Å². The van der Waals surface area contributed by atoms with Crippen LogP contribution in [0.25, 0.3) is 0 Å². The normalized spacial score (nSPS) is 13.1. The summed E-state index contributed by atoms with van der Waals surface area (Å²) in [5.74, 6) is 8.23. The number of rotatable bonds is 4. The van der Waals surface area contributed by atoms with Gasteiger partial charge < -0.3 is 0 Å². The molecular formula is C17H26N2. The predicted molar refractivity (Wildman–Crippen MR) is 82.9 cm³/mol. The maximum Gasteiger partial charge on any atom is 0.0360 e. The lowest BCUT2D eigenvalue weighted by Gasteiger charge is -2.23. The Balaban J connectivity index is 3.08. The number of hydrogen-bond acceptors (Lipinski definition) is 2. The van der Waals surface area contributed by atoms with Crippen molar-refractivity contribution in [1.82, 2.24) is 5.43 Å². The predicted octanol–water partition coefficient (Wildman–Crippen LogP) is 3.00. The molecule has 0 aromatic heterocycles. The van der Waals surface area contributed by atoms with E-state index in [1.807, 2.05) is 0 Å². The Hall–Kier alpha value is -1.30. The fourth-order valence-corrected chi connectivity index (χ4v) is 2.33. The molecule has 0 aliphatic rings. The van der Waals surface area contributed by atoms with Crippen LogP contribution < -0.4 is 11.3 Å². The van der Waals surface area contributed by atoms with Gasteiger partial charge in [0.1, 0.15) is 0 Å².